The molecule has 10 atom stereocenters. The number of carbonyl (C=O) groups excluding carboxylic acids is 4. The maximum absolute atomic E-state index is 15.6. The van der Waals surface area contributed by atoms with E-state index in [2.05, 4.69) is 51.3 Å². The standard InChI is InChI=1S/C51H67N5O9/c1-11-47(53-43(58)46(4,5)6)26-31-27-50(44(59)63-9,39-33(18-22-55(28-31)29-47)32-16-13-14-17-36(32)52-39)35-24-34-37(25-38(35)62-8)54(7)41-49(34)20-23-56-21-15-19-48(12-2,40(49)56)42(65-30(3)57)51(41,61)45(60)64-10/h13-17,19,24-25,31,40-42,52,61H,11-12,18,20-23,26-29H2,1-10H3,(H,53,58)/t31-,40+,41-,42-,47+,48-,49-,50+,51+/m1/s1. The second-order valence-corrected chi connectivity index (χ2v) is 21.0. The van der Waals surface area contributed by atoms with Crippen molar-refractivity contribution in [1.82, 2.24) is 20.1 Å². The second kappa shape index (κ2) is 15.6. The lowest BCUT2D eigenvalue weighted by Gasteiger charge is -2.63. The highest BCUT2D eigenvalue weighted by atomic mass is 16.6. The van der Waals surface area contributed by atoms with E-state index < -0.39 is 62.9 Å². The van der Waals surface area contributed by atoms with Crippen molar-refractivity contribution >= 4 is 40.4 Å². The van der Waals surface area contributed by atoms with Crippen molar-refractivity contribution in [2.75, 3.05) is 66.0 Å². The maximum Gasteiger partial charge on any atom is 0.344 e. The van der Waals surface area contributed by atoms with Crippen LogP contribution in [0, 0.1) is 16.7 Å². The predicted octanol–water partition coefficient (Wildman–Crippen LogP) is 5.16. The SMILES string of the molecule is CC[C@]1(NC(=O)C(C)(C)C)C[C@H]2CN(CCc3c([nH]c4ccccc34)[C@@](C(=O)OC)(c3cc4c(cc3OC)N(C)[C@H]3[C@@](O)(C(=O)OC)[C@H](OC(C)=O)[C@]5(CC)C=CCN6CC[C@]43[C@@H]65)C2)C1. The zero-order valence-corrected chi connectivity index (χ0v) is 39.8. The molecule has 1 unspecified atom stereocenters. The van der Waals surface area contributed by atoms with E-state index in [9.17, 15) is 19.5 Å². The van der Waals surface area contributed by atoms with E-state index in [1.165, 1.54) is 21.1 Å². The van der Waals surface area contributed by atoms with Crippen LogP contribution in [-0.2, 0) is 50.6 Å². The molecule has 5 aliphatic heterocycles. The van der Waals surface area contributed by atoms with Gasteiger partial charge in [-0.2, -0.15) is 0 Å². The summed E-state index contributed by atoms with van der Waals surface area (Å²) in [7, 11) is 6.18. The molecule has 0 radical (unpaired) electrons. The number of nitrogens with one attached hydrogen (secondary N) is 2. The molecule has 14 nitrogen and oxygen atoms in total. The van der Waals surface area contributed by atoms with E-state index in [0.717, 1.165) is 33.4 Å². The quantitative estimate of drug-likeness (QED) is 0.155. The Labute approximate surface area is 382 Å². The van der Waals surface area contributed by atoms with Crippen molar-refractivity contribution in [3.05, 3.63) is 70.9 Å². The Kier molecular flexibility index (Phi) is 10.8. The molecular weight excluding hydrogens is 827 g/mol. The Morgan fingerprint density at radius 3 is 2.35 bits per heavy atom. The van der Waals surface area contributed by atoms with Gasteiger partial charge < -0.3 is 44.2 Å². The van der Waals surface area contributed by atoms with Gasteiger partial charge in [-0.3, -0.25) is 19.3 Å². The van der Waals surface area contributed by atoms with Crippen molar-refractivity contribution < 1.29 is 43.2 Å². The van der Waals surface area contributed by atoms with Crippen LogP contribution in [0.15, 0.2) is 48.6 Å². The van der Waals surface area contributed by atoms with Gasteiger partial charge in [-0.25, -0.2) is 4.79 Å². The Balaban J connectivity index is 1.33. The second-order valence-electron chi connectivity index (χ2n) is 21.0. The van der Waals surface area contributed by atoms with Crippen molar-refractivity contribution in [2.24, 2.45) is 16.7 Å². The minimum atomic E-state index is -2.32. The zero-order valence-electron chi connectivity index (χ0n) is 39.8. The first-order valence-corrected chi connectivity index (χ1v) is 23.4. The van der Waals surface area contributed by atoms with E-state index in [1.54, 1.807) is 7.11 Å². The molecule has 9 rings (SSSR count). The van der Waals surface area contributed by atoms with Crippen LogP contribution in [-0.4, -0.2) is 134 Å². The number of aliphatic hydroxyl groups is 1. The van der Waals surface area contributed by atoms with Gasteiger partial charge >= 0.3 is 17.9 Å². The predicted molar refractivity (Wildman–Crippen MR) is 246 cm³/mol. The van der Waals surface area contributed by atoms with Crippen LogP contribution < -0.4 is 15.0 Å². The van der Waals surface area contributed by atoms with Crippen LogP contribution >= 0.6 is 0 Å². The number of methoxy groups -OCH3 is 3. The summed E-state index contributed by atoms with van der Waals surface area (Å²) in [6.07, 6.45) is 6.17. The van der Waals surface area contributed by atoms with Crippen LogP contribution in [0.3, 0.4) is 0 Å². The van der Waals surface area contributed by atoms with E-state index in [-0.39, 0.29) is 17.9 Å². The summed E-state index contributed by atoms with van der Waals surface area (Å²) in [5, 5.41) is 18.0. The molecule has 1 saturated carbocycles. The summed E-state index contributed by atoms with van der Waals surface area (Å²) in [5.74, 6) is -1.57. The summed E-state index contributed by atoms with van der Waals surface area (Å²) < 4.78 is 24.2. The number of aromatic nitrogens is 1. The fourth-order valence-corrected chi connectivity index (χ4v) is 14.1. The van der Waals surface area contributed by atoms with Crippen LogP contribution in [0.1, 0.15) is 96.0 Å². The molecule has 14 heteroatoms. The van der Waals surface area contributed by atoms with E-state index in [0.29, 0.717) is 82.6 Å². The molecule has 1 aliphatic carbocycles. The molecule has 6 heterocycles. The lowest BCUT2D eigenvalue weighted by atomic mass is 9.47. The highest BCUT2D eigenvalue weighted by molar-refractivity contribution is 5.95. The fraction of sp³-hybridized carbons (Fsp3) is 0.608. The van der Waals surface area contributed by atoms with Crippen molar-refractivity contribution in [1.29, 1.82) is 0 Å². The molecule has 350 valence electrons. The summed E-state index contributed by atoms with van der Waals surface area (Å²) in [5.41, 5.74) is -1.94. The smallest absolute Gasteiger partial charge is 0.344 e. The molecule has 3 fully saturated rings. The lowest BCUT2D eigenvalue weighted by molar-refractivity contribution is -0.228. The highest BCUT2D eigenvalue weighted by Crippen LogP contribution is 2.68. The van der Waals surface area contributed by atoms with Gasteiger partial charge in [0.15, 0.2) is 6.10 Å². The number of ether oxygens (including phenoxy) is 4. The third-order valence-electron chi connectivity index (χ3n) is 16.7. The van der Waals surface area contributed by atoms with Crippen LogP contribution in [0.2, 0.25) is 0 Å². The van der Waals surface area contributed by atoms with Gasteiger partial charge in [-0.05, 0) is 74.2 Å². The van der Waals surface area contributed by atoms with Crippen molar-refractivity contribution in [3.8, 4) is 5.75 Å². The summed E-state index contributed by atoms with van der Waals surface area (Å²) in [6, 6.07) is 11.0. The zero-order chi connectivity index (χ0) is 46.6. The number of amides is 1. The Hall–Kier alpha value is -4.92. The third kappa shape index (κ3) is 6.21. The molecule has 2 bridgehead atoms. The first-order chi connectivity index (χ1) is 30.8. The van der Waals surface area contributed by atoms with Gasteiger partial charge in [-0.15, -0.1) is 0 Å². The number of para-hydroxylation sites is 1. The number of rotatable bonds is 8. The van der Waals surface area contributed by atoms with E-state index in [4.69, 9.17) is 18.9 Å². The average molecular weight is 894 g/mol. The van der Waals surface area contributed by atoms with Gasteiger partial charge in [0.2, 0.25) is 11.5 Å². The van der Waals surface area contributed by atoms with Gasteiger partial charge in [-0.1, -0.05) is 65.0 Å². The number of nitrogens with zero attached hydrogens (tertiary/aromatic N) is 3. The summed E-state index contributed by atoms with van der Waals surface area (Å²) in [4.78, 5) is 67.7. The number of benzene rings is 2. The number of hydrogen-bond acceptors (Lipinski definition) is 12. The third-order valence-corrected chi connectivity index (χ3v) is 16.7. The topological polar surface area (TPSA) is 163 Å². The summed E-state index contributed by atoms with van der Waals surface area (Å²) >= 11 is 0. The Morgan fingerprint density at radius 2 is 1.69 bits per heavy atom. The number of aromatic amines is 1. The number of carbonyl (C=O) groups is 4. The van der Waals surface area contributed by atoms with Crippen LogP contribution in [0.4, 0.5) is 5.69 Å². The van der Waals surface area contributed by atoms with E-state index >= 15 is 4.79 Å². The largest absolute Gasteiger partial charge is 0.496 e. The minimum Gasteiger partial charge on any atom is -0.496 e. The highest BCUT2D eigenvalue weighted by Gasteiger charge is 2.80. The van der Waals surface area contributed by atoms with Crippen molar-refractivity contribution in [2.45, 2.75) is 120 Å². The normalized spacial score (nSPS) is 34.8. The number of anilines is 1. The fourth-order valence-electron chi connectivity index (χ4n) is 14.1. The molecule has 2 aromatic carbocycles. The van der Waals surface area contributed by atoms with Crippen molar-refractivity contribution in [3.63, 3.8) is 0 Å². The number of esters is 3. The maximum atomic E-state index is 15.6. The molecule has 3 aromatic rings. The monoisotopic (exact) mass is 893 g/mol. The van der Waals surface area contributed by atoms with Gasteiger partial charge in [0, 0.05) is 96.4 Å². The average Bonchev–Trinajstić information content (AvgIpc) is 3.95. The Bertz CT molecular complexity index is 2480. The van der Waals surface area contributed by atoms with Crippen LogP contribution in [0.5, 0.6) is 5.75 Å². The van der Waals surface area contributed by atoms with E-state index in [1.807, 2.05) is 63.9 Å². The first kappa shape index (κ1) is 45.2. The Morgan fingerprint density at radius 1 is 0.954 bits per heavy atom. The molecule has 1 amide bonds. The summed E-state index contributed by atoms with van der Waals surface area (Å²) in [6.45, 7) is 14.7. The van der Waals surface area contributed by atoms with Gasteiger partial charge in [0.25, 0.3) is 0 Å². The minimum absolute atomic E-state index is 0.00912. The lowest BCUT2D eigenvalue weighted by Crippen LogP contribution is -2.81. The van der Waals surface area contributed by atoms with Gasteiger partial charge in [0.05, 0.1) is 32.9 Å². The molecule has 1 aromatic heterocycles. The van der Waals surface area contributed by atoms with Gasteiger partial charge in [0.1, 0.15) is 11.2 Å². The number of hydrogen-bond donors (Lipinski definition) is 3. The number of fused-ring (bicyclic) bond motifs is 6. The van der Waals surface area contributed by atoms with Crippen LogP contribution in [0.25, 0.3) is 10.9 Å². The molecule has 65 heavy (non-hydrogen) atoms. The number of piperidine rings is 1. The number of likely N-dealkylation sites (N-methyl/N-ethyl adjacent to an activating group) is 1. The molecular formula is C51H67N5O9. The first-order valence-electron chi connectivity index (χ1n) is 23.4. The molecule has 6 aliphatic rings. The molecule has 3 N–H and O–H groups in total. The number of H-pyrrole nitrogens is 1. The molecule has 1 spiro atoms. The molecule has 2 saturated heterocycles.